The molecular weight excluding hydrogens is 333 g/mol. The molecule has 2 aliphatic heterocycles. The molecule has 2 fully saturated rings. The van der Waals surface area contributed by atoms with Crippen molar-refractivity contribution in [2.75, 3.05) is 6.61 Å². The van der Waals surface area contributed by atoms with Gasteiger partial charge in [0.15, 0.2) is 0 Å². The quantitative estimate of drug-likeness (QED) is 0.392. The summed E-state index contributed by atoms with van der Waals surface area (Å²) in [7, 11) is -1.70. The molecule has 1 unspecified atom stereocenters. The van der Waals surface area contributed by atoms with Crippen LogP contribution >= 0.6 is 19.4 Å². The van der Waals surface area contributed by atoms with Crippen LogP contribution in [0, 0.1) is 0 Å². The summed E-state index contributed by atoms with van der Waals surface area (Å²) in [5, 5.41) is 10.7. The van der Waals surface area contributed by atoms with Crippen molar-refractivity contribution in [3.05, 3.63) is 17.8 Å². The Morgan fingerprint density at radius 3 is 3.05 bits per heavy atom. The van der Waals surface area contributed by atoms with Crippen molar-refractivity contribution in [3.63, 3.8) is 0 Å². The topological polar surface area (TPSA) is 112 Å². The summed E-state index contributed by atoms with van der Waals surface area (Å²) in [6.07, 6.45) is -0.0735. The number of aliphatic hydroxyl groups is 1. The second kappa shape index (κ2) is 5.07. The van der Waals surface area contributed by atoms with Crippen LogP contribution < -0.4 is 0 Å². The van der Waals surface area contributed by atoms with Crippen LogP contribution in [0.25, 0.3) is 11.2 Å². The third-order valence-corrected chi connectivity index (χ3v) is 5.46. The van der Waals surface area contributed by atoms with Crippen LogP contribution in [0.15, 0.2) is 12.7 Å². The fourth-order valence-corrected chi connectivity index (χ4v) is 4.28. The van der Waals surface area contributed by atoms with Gasteiger partial charge in [-0.2, -0.15) is 0 Å². The molecule has 0 spiro atoms. The zero-order valence-electron chi connectivity index (χ0n) is 11.5. The molecule has 2 aromatic rings. The van der Waals surface area contributed by atoms with Crippen molar-refractivity contribution >= 4 is 38.2 Å². The Hall–Kier alpha value is -0.865. The Morgan fingerprint density at radius 2 is 2.23 bits per heavy atom. The van der Waals surface area contributed by atoms with Crippen LogP contribution in [0.4, 0.5) is 0 Å². The van der Waals surface area contributed by atoms with Gasteiger partial charge in [0.25, 0.3) is 0 Å². The van der Waals surface area contributed by atoms with E-state index >= 15 is 0 Å². The number of rotatable bonds is 1. The van der Waals surface area contributed by atoms with Crippen LogP contribution in [-0.2, 0) is 13.8 Å². The van der Waals surface area contributed by atoms with Crippen molar-refractivity contribution in [1.82, 2.24) is 19.5 Å². The maximum atomic E-state index is 10.5. The van der Waals surface area contributed by atoms with Gasteiger partial charge in [-0.05, 0) is 0 Å². The van der Waals surface area contributed by atoms with Gasteiger partial charge < -0.3 is 0 Å². The number of imidazole rings is 1. The predicted octanol–water partition coefficient (Wildman–Crippen LogP) is -0.811. The Kier molecular flexibility index (Phi) is 3.39. The number of aromatic nitrogens is 4. The molecule has 2 saturated heterocycles. The molecule has 2 aromatic heterocycles. The van der Waals surface area contributed by atoms with Crippen LogP contribution in [-0.4, -0.2) is 62.0 Å². The van der Waals surface area contributed by atoms with Crippen LogP contribution in [0.2, 0.25) is 5.15 Å². The summed E-state index contributed by atoms with van der Waals surface area (Å²) >= 11 is 5.97. The zero-order valence-corrected chi connectivity index (χ0v) is 13.2. The number of nitrogens with zero attached hydrogens (tertiary/aromatic N) is 4. The van der Waals surface area contributed by atoms with E-state index in [1.165, 1.54) is 20.2 Å². The van der Waals surface area contributed by atoms with Gasteiger partial charge in [0.2, 0.25) is 0 Å². The van der Waals surface area contributed by atoms with E-state index in [0.717, 1.165) is 0 Å². The molecule has 22 heavy (non-hydrogen) atoms. The first-order valence-corrected chi connectivity index (χ1v) is 9.31. The molecule has 2 N–H and O–H groups in total. The fraction of sp³-hybridized carbons (Fsp3) is 0.500. The van der Waals surface area contributed by atoms with Crippen molar-refractivity contribution in [1.29, 1.82) is 0 Å². The Morgan fingerprint density at radius 1 is 1.41 bits per heavy atom. The number of ether oxygens (including phenoxy) is 1. The molecule has 4 heterocycles. The molecule has 0 amide bonds. The molecule has 0 aromatic carbocycles. The molecular formula is C10H13BClN4O5P. The molecule has 9 nitrogen and oxygen atoms in total. The van der Waals surface area contributed by atoms with E-state index in [-0.39, 0.29) is 11.8 Å². The summed E-state index contributed by atoms with van der Waals surface area (Å²) in [4.78, 5) is 22.1. The van der Waals surface area contributed by atoms with Crippen LogP contribution in [0.3, 0.4) is 0 Å². The molecule has 0 saturated carbocycles. The van der Waals surface area contributed by atoms with Crippen LogP contribution in [0.1, 0.15) is 6.23 Å². The number of halogens is 1. The van der Waals surface area contributed by atoms with Gasteiger partial charge >= 0.3 is 130 Å². The molecule has 0 aliphatic carbocycles. The van der Waals surface area contributed by atoms with E-state index in [4.69, 9.17) is 25.4 Å². The number of hydrogen-bond acceptors (Lipinski definition) is 8. The van der Waals surface area contributed by atoms with E-state index in [1.807, 2.05) is 0 Å². The van der Waals surface area contributed by atoms with E-state index in [2.05, 4.69) is 15.0 Å². The summed E-state index contributed by atoms with van der Waals surface area (Å²) < 4.78 is 18.1. The molecule has 0 bridgehead atoms. The molecule has 12 heteroatoms. The summed E-state index contributed by atoms with van der Waals surface area (Å²) in [6.45, 7) is 0.166. The van der Waals surface area contributed by atoms with Crippen molar-refractivity contribution < 1.29 is 23.8 Å². The van der Waals surface area contributed by atoms with Crippen molar-refractivity contribution in [2.45, 2.75) is 24.5 Å². The second-order valence-corrected chi connectivity index (χ2v) is 8.01. The van der Waals surface area contributed by atoms with Gasteiger partial charge in [-0.1, -0.05) is 0 Å². The fourth-order valence-electron chi connectivity index (χ4n) is 2.76. The van der Waals surface area contributed by atoms with E-state index < -0.39 is 32.4 Å². The Balaban J connectivity index is 1.70. The van der Waals surface area contributed by atoms with E-state index in [0.29, 0.717) is 11.2 Å². The standard InChI is InChI=1S/C10H13BClN4O5P/c11-22(18)19-1-4-7(21-22)6(17)10(20-4)16-3-15-5-8(12)13-2-14-9(5)16/h2-4,6-7,10,17-18,22H,1,11H2/t4-,6?,7-,10-/m1/s1. The Labute approximate surface area is 131 Å². The van der Waals surface area contributed by atoms with Gasteiger partial charge in [0.05, 0.1) is 0 Å². The predicted molar refractivity (Wildman–Crippen MR) is 80.2 cm³/mol. The minimum absolute atomic E-state index is 0.166. The zero-order chi connectivity index (χ0) is 15.5. The third kappa shape index (κ3) is 2.23. The third-order valence-electron chi connectivity index (χ3n) is 3.77. The minimum atomic E-state index is -3.21. The van der Waals surface area contributed by atoms with E-state index in [1.54, 1.807) is 4.57 Å². The molecule has 0 radical (unpaired) electrons. The number of aliphatic hydroxyl groups excluding tert-OH is 1. The average Bonchev–Trinajstić information content (AvgIpc) is 3.01. The molecule has 4 atom stereocenters. The monoisotopic (exact) mass is 346 g/mol. The van der Waals surface area contributed by atoms with Crippen molar-refractivity contribution in [2.24, 2.45) is 0 Å². The van der Waals surface area contributed by atoms with Gasteiger partial charge in [-0.3, -0.25) is 0 Å². The number of hydrogen-bond donors (Lipinski definition) is 2. The summed E-state index contributed by atoms with van der Waals surface area (Å²) in [6, 6.07) is 0. The van der Waals surface area contributed by atoms with Crippen molar-refractivity contribution in [3.8, 4) is 0 Å². The van der Waals surface area contributed by atoms with Gasteiger partial charge in [-0.15, -0.1) is 0 Å². The summed E-state index contributed by atoms with van der Waals surface area (Å²) in [5.74, 6) is 0. The average molecular weight is 346 g/mol. The first-order valence-electron chi connectivity index (χ1n) is 6.67. The second-order valence-electron chi connectivity index (χ2n) is 5.34. The molecule has 118 valence electrons. The maximum absolute atomic E-state index is 10.5. The molecule has 2 aliphatic rings. The van der Waals surface area contributed by atoms with E-state index in [9.17, 15) is 10.00 Å². The first-order chi connectivity index (χ1) is 10.5. The van der Waals surface area contributed by atoms with Gasteiger partial charge in [0.1, 0.15) is 0 Å². The van der Waals surface area contributed by atoms with Gasteiger partial charge in [-0.25, -0.2) is 0 Å². The molecule has 4 rings (SSSR count). The summed E-state index contributed by atoms with van der Waals surface area (Å²) in [5.41, 5.74) is 0.876. The number of fused-ring (bicyclic) bond motifs is 2. The Bertz CT molecular complexity index is 732. The van der Waals surface area contributed by atoms with Crippen LogP contribution in [0.5, 0.6) is 0 Å². The first kappa shape index (κ1) is 14.7. The van der Waals surface area contributed by atoms with Gasteiger partial charge in [0, 0.05) is 0 Å². The SMILES string of the molecule is B[PH]1(O)OC[C@H]2O[C@@H](n3cnc4c(Cl)ncnc43)C(O)[C@@H]2O1. The normalized spacial score (nSPS) is 35.4.